The van der Waals surface area contributed by atoms with Gasteiger partial charge in [0.25, 0.3) is 0 Å². The van der Waals surface area contributed by atoms with E-state index in [9.17, 15) is 4.79 Å². The standard InChI is InChI=1S/C10H20N2OS/c1-7(6-14-3)12-10(13)8(2)9-4-11-5-9/h7-9,11H,4-6H2,1-3H3,(H,12,13). The van der Waals surface area contributed by atoms with E-state index in [1.54, 1.807) is 11.8 Å². The van der Waals surface area contributed by atoms with E-state index in [0.717, 1.165) is 18.8 Å². The molecule has 1 fully saturated rings. The molecule has 0 bridgehead atoms. The smallest absolute Gasteiger partial charge is 0.223 e. The lowest BCUT2D eigenvalue weighted by molar-refractivity contribution is -0.127. The zero-order valence-electron chi connectivity index (χ0n) is 9.17. The van der Waals surface area contributed by atoms with Gasteiger partial charge < -0.3 is 10.6 Å². The van der Waals surface area contributed by atoms with E-state index in [1.165, 1.54) is 0 Å². The molecule has 4 heteroatoms. The fourth-order valence-electron chi connectivity index (χ4n) is 1.54. The summed E-state index contributed by atoms with van der Waals surface area (Å²) in [6.07, 6.45) is 2.06. The maximum Gasteiger partial charge on any atom is 0.223 e. The fraction of sp³-hybridized carbons (Fsp3) is 0.900. The monoisotopic (exact) mass is 216 g/mol. The van der Waals surface area contributed by atoms with E-state index in [0.29, 0.717) is 5.92 Å². The van der Waals surface area contributed by atoms with Crippen LogP contribution < -0.4 is 10.6 Å². The van der Waals surface area contributed by atoms with Gasteiger partial charge in [-0.3, -0.25) is 4.79 Å². The normalized spacial score (nSPS) is 21.1. The lowest BCUT2D eigenvalue weighted by Gasteiger charge is -2.32. The van der Waals surface area contributed by atoms with Gasteiger partial charge in [0.05, 0.1) is 0 Å². The first kappa shape index (κ1) is 11.9. The van der Waals surface area contributed by atoms with Crippen LogP contribution >= 0.6 is 11.8 Å². The van der Waals surface area contributed by atoms with Gasteiger partial charge in [-0.05, 0) is 32.2 Å². The molecular formula is C10H20N2OS. The summed E-state index contributed by atoms with van der Waals surface area (Å²) in [4.78, 5) is 11.7. The van der Waals surface area contributed by atoms with Gasteiger partial charge in [-0.25, -0.2) is 0 Å². The Balaban J connectivity index is 2.25. The molecule has 0 aromatic rings. The van der Waals surface area contributed by atoms with Crippen molar-refractivity contribution in [3.05, 3.63) is 0 Å². The second-order valence-corrected chi connectivity index (χ2v) is 4.98. The van der Waals surface area contributed by atoms with Gasteiger partial charge in [-0.15, -0.1) is 0 Å². The van der Waals surface area contributed by atoms with Crippen LogP contribution in [0.2, 0.25) is 0 Å². The van der Waals surface area contributed by atoms with Crippen molar-refractivity contribution in [2.75, 3.05) is 25.1 Å². The van der Waals surface area contributed by atoms with Crippen molar-refractivity contribution in [1.29, 1.82) is 0 Å². The maximum atomic E-state index is 11.7. The second kappa shape index (κ2) is 5.61. The molecule has 0 aromatic heterocycles. The minimum absolute atomic E-state index is 0.153. The van der Waals surface area contributed by atoms with Crippen molar-refractivity contribution in [2.45, 2.75) is 19.9 Å². The Hall–Kier alpha value is -0.220. The number of rotatable bonds is 5. The van der Waals surface area contributed by atoms with Crippen LogP contribution in [0.5, 0.6) is 0 Å². The topological polar surface area (TPSA) is 41.1 Å². The Morgan fingerprint density at radius 2 is 2.21 bits per heavy atom. The zero-order chi connectivity index (χ0) is 10.6. The molecule has 1 aliphatic rings. The first-order valence-electron chi connectivity index (χ1n) is 5.15. The number of hydrogen-bond acceptors (Lipinski definition) is 3. The van der Waals surface area contributed by atoms with E-state index in [2.05, 4.69) is 23.8 Å². The molecule has 1 saturated heterocycles. The van der Waals surface area contributed by atoms with Crippen LogP contribution in [0, 0.1) is 11.8 Å². The number of carbonyl (C=O) groups excluding carboxylic acids is 1. The van der Waals surface area contributed by atoms with Crippen molar-refractivity contribution in [3.8, 4) is 0 Å². The highest BCUT2D eigenvalue weighted by atomic mass is 32.2. The van der Waals surface area contributed by atoms with Crippen molar-refractivity contribution >= 4 is 17.7 Å². The predicted molar refractivity (Wildman–Crippen MR) is 61.5 cm³/mol. The van der Waals surface area contributed by atoms with Gasteiger partial charge in [0, 0.05) is 17.7 Å². The summed E-state index contributed by atoms with van der Waals surface area (Å²) in [5, 5.41) is 6.23. The molecule has 1 amide bonds. The summed E-state index contributed by atoms with van der Waals surface area (Å²) < 4.78 is 0. The molecule has 1 rings (SSSR count). The Morgan fingerprint density at radius 3 is 2.64 bits per heavy atom. The van der Waals surface area contributed by atoms with Crippen LogP contribution in [0.1, 0.15) is 13.8 Å². The second-order valence-electron chi connectivity index (χ2n) is 4.07. The van der Waals surface area contributed by atoms with Crippen molar-refractivity contribution in [2.24, 2.45) is 11.8 Å². The van der Waals surface area contributed by atoms with E-state index in [1.807, 2.05) is 6.92 Å². The molecule has 0 aliphatic carbocycles. The average molecular weight is 216 g/mol. The summed E-state index contributed by atoms with van der Waals surface area (Å²) in [7, 11) is 0. The van der Waals surface area contributed by atoms with Crippen molar-refractivity contribution < 1.29 is 4.79 Å². The maximum absolute atomic E-state index is 11.7. The van der Waals surface area contributed by atoms with Gasteiger partial charge >= 0.3 is 0 Å². The minimum atomic E-state index is 0.153. The van der Waals surface area contributed by atoms with E-state index >= 15 is 0 Å². The van der Waals surface area contributed by atoms with Crippen molar-refractivity contribution in [3.63, 3.8) is 0 Å². The predicted octanol–water partition coefficient (Wildman–Crippen LogP) is 0.710. The summed E-state index contributed by atoms with van der Waals surface area (Å²) in [5.74, 6) is 1.89. The van der Waals surface area contributed by atoms with Gasteiger partial charge in [0.15, 0.2) is 0 Å². The Morgan fingerprint density at radius 1 is 1.57 bits per heavy atom. The van der Waals surface area contributed by atoms with Gasteiger partial charge in [0.1, 0.15) is 0 Å². The Labute approximate surface area is 90.4 Å². The highest BCUT2D eigenvalue weighted by molar-refractivity contribution is 7.98. The lowest BCUT2D eigenvalue weighted by Crippen LogP contribution is -2.50. The summed E-state index contributed by atoms with van der Waals surface area (Å²) >= 11 is 1.76. The molecule has 82 valence electrons. The molecule has 14 heavy (non-hydrogen) atoms. The number of hydrogen-bond donors (Lipinski definition) is 2. The van der Waals surface area contributed by atoms with Crippen LogP contribution in [0.3, 0.4) is 0 Å². The quantitative estimate of drug-likeness (QED) is 0.711. The van der Waals surface area contributed by atoms with Crippen LogP contribution in [0.15, 0.2) is 0 Å². The Bertz CT molecular complexity index is 195. The molecule has 2 N–H and O–H groups in total. The first-order valence-corrected chi connectivity index (χ1v) is 6.54. The average Bonchev–Trinajstić information content (AvgIpc) is 2.01. The van der Waals surface area contributed by atoms with Gasteiger partial charge in [-0.2, -0.15) is 11.8 Å². The molecule has 0 spiro atoms. The molecule has 2 atom stereocenters. The van der Waals surface area contributed by atoms with Gasteiger partial charge in [0.2, 0.25) is 5.91 Å². The van der Waals surface area contributed by atoms with Gasteiger partial charge in [-0.1, -0.05) is 6.92 Å². The highest BCUT2D eigenvalue weighted by Gasteiger charge is 2.28. The number of carbonyl (C=O) groups is 1. The molecule has 1 heterocycles. The van der Waals surface area contributed by atoms with Crippen molar-refractivity contribution in [1.82, 2.24) is 10.6 Å². The molecule has 2 unspecified atom stereocenters. The fourth-order valence-corrected chi connectivity index (χ4v) is 2.13. The highest BCUT2D eigenvalue weighted by Crippen LogP contribution is 2.16. The lowest BCUT2D eigenvalue weighted by atomic mass is 9.88. The summed E-state index contributed by atoms with van der Waals surface area (Å²) in [5.41, 5.74) is 0. The number of nitrogens with one attached hydrogen (secondary N) is 2. The SMILES string of the molecule is CSCC(C)NC(=O)C(C)C1CNC1. The molecule has 0 saturated carbocycles. The molecular weight excluding hydrogens is 196 g/mol. The van der Waals surface area contributed by atoms with E-state index in [4.69, 9.17) is 0 Å². The van der Waals surface area contributed by atoms with Crippen LogP contribution in [0.4, 0.5) is 0 Å². The van der Waals surface area contributed by atoms with E-state index in [-0.39, 0.29) is 17.9 Å². The molecule has 1 aliphatic heterocycles. The third-order valence-electron chi connectivity index (χ3n) is 2.74. The van der Waals surface area contributed by atoms with E-state index < -0.39 is 0 Å². The number of thioether (sulfide) groups is 1. The minimum Gasteiger partial charge on any atom is -0.353 e. The Kier molecular flexibility index (Phi) is 4.75. The summed E-state index contributed by atoms with van der Waals surface area (Å²) in [6.45, 7) is 6.06. The van der Waals surface area contributed by atoms with Crippen LogP contribution in [-0.4, -0.2) is 37.0 Å². The largest absolute Gasteiger partial charge is 0.353 e. The third-order valence-corrected chi connectivity index (χ3v) is 3.57. The molecule has 3 nitrogen and oxygen atoms in total. The zero-order valence-corrected chi connectivity index (χ0v) is 9.99. The van der Waals surface area contributed by atoms with Crippen LogP contribution in [-0.2, 0) is 4.79 Å². The van der Waals surface area contributed by atoms with Crippen LogP contribution in [0.25, 0.3) is 0 Å². The summed E-state index contributed by atoms with van der Waals surface area (Å²) in [6, 6.07) is 0.285. The molecule has 0 radical (unpaired) electrons. The third kappa shape index (κ3) is 3.17. The number of amides is 1. The molecule has 0 aromatic carbocycles. The first-order chi connectivity index (χ1) is 6.65.